The number of aliphatic hydroxyl groups excluding tert-OH is 2. The van der Waals surface area contributed by atoms with Crippen LogP contribution in [0.1, 0.15) is 44.4 Å². The molecule has 1 aromatic carbocycles. The third-order valence-corrected chi connectivity index (χ3v) is 3.33. The first kappa shape index (κ1) is 15.2. The molecule has 0 fully saturated rings. The van der Waals surface area contributed by atoms with E-state index in [1.165, 1.54) is 11.8 Å². The number of hydrogen-bond donors (Lipinski definition) is 2. The standard InChI is InChI=1S/C14H20O3S/c1-14(2,3)18-13(17)8-12(16)11-6-4-10(9-15)5-7-11/h4-7,12,15-16H,8-9H2,1-3H3. The van der Waals surface area contributed by atoms with Gasteiger partial charge >= 0.3 is 0 Å². The Kier molecular flexibility index (Phi) is 5.38. The third-order valence-electron chi connectivity index (χ3n) is 2.33. The number of carbonyl (C=O) groups is 1. The predicted molar refractivity (Wildman–Crippen MR) is 74.3 cm³/mol. The highest BCUT2D eigenvalue weighted by atomic mass is 32.2. The van der Waals surface area contributed by atoms with Crippen LogP contribution in [0.3, 0.4) is 0 Å². The van der Waals surface area contributed by atoms with Crippen molar-refractivity contribution in [2.24, 2.45) is 0 Å². The highest BCUT2D eigenvalue weighted by Gasteiger charge is 2.20. The van der Waals surface area contributed by atoms with Gasteiger partial charge in [0.05, 0.1) is 12.7 Å². The molecule has 0 saturated heterocycles. The molecule has 4 heteroatoms. The summed E-state index contributed by atoms with van der Waals surface area (Å²) in [6.45, 7) is 5.89. The van der Waals surface area contributed by atoms with Crippen molar-refractivity contribution >= 4 is 16.9 Å². The minimum absolute atomic E-state index is 0.0127. The van der Waals surface area contributed by atoms with E-state index in [2.05, 4.69) is 0 Å². The summed E-state index contributed by atoms with van der Waals surface area (Å²) in [5.74, 6) is 0. The molecule has 0 spiro atoms. The molecule has 1 aromatic rings. The molecule has 0 saturated carbocycles. The van der Waals surface area contributed by atoms with Gasteiger partial charge in [0, 0.05) is 11.2 Å². The van der Waals surface area contributed by atoms with Gasteiger partial charge in [0.25, 0.3) is 0 Å². The second-order valence-electron chi connectivity index (χ2n) is 5.21. The van der Waals surface area contributed by atoms with Crippen molar-refractivity contribution in [1.29, 1.82) is 0 Å². The van der Waals surface area contributed by atoms with Crippen LogP contribution in [0.5, 0.6) is 0 Å². The van der Waals surface area contributed by atoms with Crippen LogP contribution >= 0.6 is 11.8 Å². The molecule has 0 radical (unpaired) electrons. The highest BCUT2D eigenvalue weighted by Crippen LogP contribution is 2.28. The summed E-state index contributed by atoms with van der Waals surface area (Å²) in [5, 5.41) is 18.9. The molecule has 1 atom stereocenters. The van der Waals surface area contributed by atoms with E-state index in [1.807, 2.05) is 20.8 Å². The van der Waals surface area contributed by atoms with Gasteiger partial charge in [-0.3, -0.25) is 4.79 Å². The molecule has 2 N–H and O–H groups in total. The molecule has 100 valence electrons. The molecule has 0 aromatic heterocycles. The largest absolute Gasteiger partial charge is 0.392 e. The Hall–Kier alpha value is -0.840. The summed E-state index contributed by atoms with van der Waals surface area (Å²) in [6.07, 6.45) is -0.666. The number of aliphatic hydroxyl groups is 2. The predicted octanol–water partition coefficient (Wildman–Crippen LogP) is 2.66. The second-order valence-corrected chi connectivity index (χ2v) is 7.09. The van der Waals surface area contributed by atoms with Crippen molar-refractivity contribution in [3.63, 3.8) is 0 Å². The quantitative estimate of drug-likeness (QED) is 0.881. The van der Waals surface area contributed by atoms with E-state index >= 15 is 0 Å². The van der Waals surface area contributed by atoms with Crippen LogP contribution in [-0.4, -0.2) is 20.1 Å². The van der Waals surface area contributed by atoms with E-state index in [0.29, 0.717) is 5.56 Å². The van der Waals surface area contributed by atoms with Gasteiger partial charge in [-0.15, -0.1) is 0 Å². The Morgan fingerprint density at radius 2 is 1.83 bits per heavy atom. The topological polar surface area (TPSA) is 57.5 Å². The fourth-order valence-electron chi connectivity index (χ4n) is 1.50. The van der Waals surface area contributed by atoms with Crippen LogP contribution in [0.2, 0.25) is 0 Å². The molecule has 3 nitrogen and oxygen atoms in total. The van der Waals surface area contributed by atoms with Crippen molar-refractivity contribution in [1.82, 2.24) is 0 Å². The summed E-state index contributed by atoms with van der Waals surface area (Å²) in [4.78, 5) is 11.7. The number of benzene rings is 1. The lowest BCUT2D eigenvalue weighted by Crippen LogP contribution is -2.13. The molecular weight excluding hydrogens is 248 g/mol. The van der Waals surface area contributed by atoms with Gasteiger partial charge in [-0.1, -0.05) is 56.8 Å². The number of carbonyl (C=O) groups excluding carboxylic acids is 1. The Bertz CT molecular complexity index is 392. The van der Waals surface area contributed by atoms with Gasteiger partial charge in [-0.05, 0) is 11.1 Å². The van der Waals surface area contributed by atoms with Gasteiger partial charge in [0.1, 0.15) is 0 Å². The fraction of sp³-hybridized carbons (Fsp3) is 0.500. The smallest absolute Gasteiger partial charge is 0.192 e. The lowest BCUT2D eigenvalue weighted by Gasteiger charge is -2.17. The maximum Gasteiger partial charge on any atom is 0.192 e. The van der Waals surface area contributed by atoms with Gasteiger partial charge in [-0.25, -0.2) is 0 Å². The Morgan fingerprint density at radius 3 is 2.28 bits per heavy atom. The number of rotatable bonds is 4. The summed E-state index contributed by atoms with van der Waals surface area (Å²) in [5.41, 5.74) is 1.50. The van der Waals surface area contributed by atoms with E-state index in [9.17, 15) is 9.90 Å². The monoisotopic (exact) mass is 268 g/mol. The molecule has 0 bridgehead atoms. The van der Waals surface area contributed by atoms with Crippen molar-refractivity contribution in [3.8, 4) is 0 Å². The number of thioether (sulfide) groups is 1. The minimum Gasteiger partial charge on any atom is -0.392 e. The van der Waals surface area contributed by atoms with Gasteiger partial charge in [0.2, 0.25) is 0 Å². The van der Waals surface area contributed by atoms with Crippen LogP contribution in [0.4, 0.5) is 0 Å². The van der Waals surface area contributed by atoms with Crippen LogP contribution in [-0.2, 0) is 11.4 Å². The molecular formula is C14H20O3S. The van der Waals surface area contributed by atoms with Crippen LogP contribution in [0, 0.1) is 0 Å². The van der Waals surface area contributed by atoms with E-state index < -0.39 is 6.10 Å². The molecule has 0 aliphatic rings. The summed E-state index contributed by atoms with van der Waals surface area (Å²) in [7, 11) is 0. The van der Waals surface area contributed by atoms with E-state index in [1.54, 1.807) is 24.3 Å². The first-order valence-corrected chi connectivity index (χ1v) is 6.73. The summed E-state index contributed by atoms with van der Waals surface area (Å²) < 4.78 is -0.127. The van der Waals surface area contributed by atoms with Crippen LogP contribution in [0.25, 0.3) is 0 Å². The average Bonchev–Trinajstić information content (AvgIpc) is 2.26. The molecule has 0 aliphatic heterocycles. The Balaban J connectivity index is 2.59. The molecule has 0 amide bonds. The van der Waals surface area contributed by atoms with Gasteiger partial charge < -0.3 is 10.2 Å². The molecule has 1 unspecified atom stereocenters. The maximum atomic E-state index is 11.7. The minimum atomic E-state index is -0.778. The first-order chi connectivity index (χ1) is 8.31. The molecule has 0 aliphatic carbocycles. The second kappa shape index (κ2) is 6.36. The maximum absolute atomic E-state index is 11.7. The zero-order valence-corrected chi connectivity index (χ0v) is 11.8. The van der Waals surface area contributed by atoms with Crippen molar-refractivity contribution in [2.75, 3.05) is 0 Å². The lowest BCUT2D eigenvalue weighted by molar-refractivity contribution is -0.112. The third kappa shape index (κ3) is 5.21. The van der Waals surface area contributed by atoms with Crippen molar-refractivity contribution in [3.05, 3.63) is 35.4 Å². The SMILES string of the molecule is CC(C)(C)SC(=O)CC(O)c1ccc(CO)cc1. The fourth-order valence-corrected chi connectivity index (χ4v) is 2.43. The van der Waals surface area contributed by atoms with Crippen LogP contribution < -0.4 is 0 Å². The normalized spacial score (nSPS) is 13.4. The summed E-state index contributed by atoms with van der Waals surface area (Å²) in [6, 6.07) is 6.98. The summed E-state index contributed by atoms with van der Waals surface area (Å²) >= 11 is 1.25. The zero-order chi connectivity index (χ0) is 13.8. The number of hydrogen-bond acceptors (Lipinski definition) is 4. The first-order valence-electron chi connectivity index (χ1n) is 5.91. The van der Waals surface area contributed by atoms with Gasteiger partial charge in [-0.2, -0.15) is 0 Å². The highest BCUT2D eigenvalue weighted by molar-refractivity contribution is 8.14. The Morgan fingerprint density at radius 1 is 1.28 bits per heavy atom. The molecule has 0 heterocycles. The lowest BCUT2D eigenvalue weighted by atomic mass is 10.1. The zero-order valence-electron chi connectivity index (χ0n) is 11.0. The van der Waals surface area contributed by atoms with Crippen LogP contribution in [0.15, 0.2) is 24.3 Å². The van der Waals surface area contributed by atoms with Crippen molar-refractivity contribution in [2.45, 2.75) is 44.6 Å². The van der Waals surface area contributed by atoms with Gasteiger partial charge in [0.15, 0.2) is 5.12 Å². The molecule has 18 heavy (non-hydrogen) atoms. The van der Waals surface area contributed by atoms with E-state index in [0.717, 1.165) is 5.56 Å². The van der Waals surface area contributed by atoms with E-state index in [-0.39, 0.29) is 22.9 Å². The molecule has 1 rings (SSSR count). The average molecular weight is 268 g/mol. The van der Waals surface area contributed by atoms with Crippen molar-refractivity contribution < 1.29 is 15.0 Å². The Labute approximate surface area is 112 Å². The van der Waals surface area contributed by atoms with E-state index in [4.69, 9.17) is 5.11 Å².